The highest BCUT2D eigenvalue weighted by Crippen LogP contribution is 2.38. The second-order valence-electron chi connectivity index (χ2n) is 11.0. The lowest BCUT2D eigenvalue weighted by molar-refractivity contribution is -0.137. The Balaban J connectivity index is 1.33. The van der Waals surface area contributed by atoms with Crippen LogP contribution in [0.3, 0.4) is 0 Å². The van der Waals surface area contributed by atoms with Gasteiger partial charge in [-0.15, -0.1) is 0 Å². The van der Waals surface area contributed by atoms with E-state index >= 15 is 4.39 Å². The molecule has 218 valence electrons. The van der Waals surface area contributed by atoms with Crippen LogP contribution in [-0.2, 0) is 11.8 Å². The minimum Gasteiger partial charge on any atom is -0.508 e. The quantitative estimate of drug-likeness (QED) is 0.205. The number of guanidine groups is 1. The minimum absolute atomic E-state index is 0.0169. The van der Waals surface area contributed by atoms with E-state index in [0.717, 1.165) is 54.9 Å². The number of aryl methyl sites for hydroxylation is 2. The fraction of sp³-hybridized carbons (Fsp3) is 0.419. The van der Waals surface area contributed by atoms with Crippen molar-refractivity contribution in [3.63, 3.8) is 0 Å². The monoisotopic (exact) mass is 569 g/mol. The Kier molecular flexibility index (Phi) is 8.11. The van der Waals surface area contributed by atoms with Gasteiger partial charge in [0.2, 0.25) is 0 Å². The fourth-order valence-corrected chi connectivity index (χ4v) is 5.68. The standard InChI is InChI=1S/C31H35F4N5O/c1-21-18-26(20-27(41)19-21)39-14-9-25(10-15-39)38-29(37-24-7-5-23(6-8-24)31(33,34)35)40-16-11-30(32,12-17-40)28-22(2)4-3-13-36-28/h3-8,13,18-20,25,41H,9-12,14-17H2,1-2H3,(H,37,38). The number of nitrogens with zero attached hydrogens (tertiary/aromatic N) is 4. The van der Waals surface area contributed by atoms with Crippen molar-refractivity contribution in [2.75, 3.05) is 36.4 Å². The first-order valence-electron chi connectivity index (χ1n) is 13.9. The van der Waals surface area contributed by atoms with Gasteiger partial charge in [0.15, 0.2) is 11.6 Å². The van der Waals surface area contributed by atoms with E-state index in [1.165, 1.54) is 12.1 Å². The number of anilines is 2. The summed E-state index contributed by atoms with van der Waals surface area (Å²) in [5.41, 5.74) is 1.44. The van der Waals surface area contributed by atoms with Gasteiger partial charge in [0, 0.05) is 62.7 Å². The number of aliphatic imine (C=N–C) groups is 1. The van der Waals surface area contributed by atoms with Crippen LogP contribution in [0.25, 0.3) is 0 Å². The highest BCUT2D eigenvalue weighted by molar-refractivity contribution is 5.94. The Labute approximate surface area is 237 Å². The number of alkyl halides is 4. The zero-order valence-electron chi connectivity index (χ0n) is 23.3. The van der Waals surface area contributed by atoms with Gasteiger partial charge in [0.25, 0.3) is 0 Å². The van der Waals surface area contributed by atoms with E-state index in [1.54, 1.807) is 24.4 Å². The van der Waals surface area contributed by atoms with E-state index in [9.17, 15) is 18.3 Å². The number of halogens is 4. The Morgan fingerprint density at radius 2 is 1.68 bits per heavy atom. The predicted molar refractivity (Wildman–Crippen MR) is 153 cm³/mol. The maximum atomic E-state index is 16.0. The van der Waals surface area contributed by atoms with Crippen LogP contribution in [-0.4, -0.2) is 53.2 Å². The first-order valence-corrected chi connectivity index (χ1v) is 13.9. The van der Waals surface area contributed by atoms with Crippen LogP contribution in [0.1, 0.15) is 48.1 Å². The maximum Gasteiger partial charge on any atom is 0.416 e. The number of hydrogen-bond donors (Lipinski definition) is 2. The first kappa shape index (κ1) is 28.7. The summed E-state index contributed by atoms with van der Waals surface area (Å²) in [5.74, 6) is 0.773. The van der Waals surface area contributed by atoms with Gasteiger partial charge in [0.05, 0.1) is 17.3 Å². The van der Waals surface area contributed by atoms with Crippen LogP contribution in [0, 0.1) is 13.8 Å². The number of nitrogens with one attached hydrogen (secondary N) is 1. The lowest BCUT2D eigenvalue weighted by Gasteiger charge is -2.39. The summed E-state index contributed by atoms with van der Waals surface area (Å²) in [5, 5.41) is 13.2. The maximum absolute atomic E-state index is 16.0. The molecule has 0 amide bonds. The van der Waals surface area contributed by atoms with Gasteiger partial charge in [-0.1, -0.05) is 6.07 Å². The molecular formula is C31H35F4N5O. The number of benzene rings is 2. The molecule has 2 fully saturated rings. The normalized spacial score (nSPS) is 18.4. The van der Waals surface area contributed by atoms with E-state index in [0.29, 0.717) is 30.4 Å². The summed E-state index contributed by atoms with van der Waals surface area (Å²) < 4.78 is 55.4. The molecular weight excluding hydrogens is 534 g/mol. The fourth-order valence-electron chi connectivity index (χ4n) is 5.68. The van der Waals surface area contributed by atoms with E-state index in [1.807, 2.05) is 30.9 Å². The second kappa shape index (κ2) is 11.6. The molecule has 0 bridgehead atoms. The van der Waals surface area contributed by atoms with Gasteiger partial charge in [-0.25, -0.2) is 9.38 Å². The topological polar surface area (TPSA) is 64.0 Å². The molecule has 2 aliphatic heterocycles. The number of phenols is 1. The van der Waals surface area contributed by atoms with Crippen molar-refractivity contribution in [2.45, 2.75) is 57.4 Å². The lowest BCUT2D eigenvalue weighted by Crippen LogP contribution is -2.47. The van der Waals surface area contributed by atoms with Gasteiger partial charge in [-0.3, -0.25) is 4.98 Å². The number of aromatic hydroxyl groups is 1. The van der Waals surface area contributed by atoms with Crippen molar-refractivity contribution >= 4 is 17.3 Å². The molecule has 1 aromatic heterocycles. The van der Waals surface area contributed by atoms with Gasteiger partial charge < -0.3 is 20.2 Å². The Morgan fingerprint density at radius 3 is 2.29 bits per heavy atom. The molecule has 0 aliphatic carbocycles. The molecule has 6 nitrogen and oxygen atoms in total. The first-order chi connectivity index (χ1) is 19.5. The van der Waals surface area contributed by atoms with Gasteiger partial charge in [-0.2, -0.15) is 13.2 Å². The average molecular weight is 570 g/mol. The van der Waals surface area contributed by atoms with Crippen LogP contribution in [0.5, 0.6) is 5.75 Å². The highest BCUT2D eigenvalue weighted by atomic mass is 19.4. The summed E-state index contributed by atoms with van der Waals surface area (Å²) >= 11 is 0. The predicted octanol–water partition coefficient (Wildman–Crippen LogP) is 6.82. The molecule has 0 spiro atoms. The highest BCUT2D eigenvalue weighted by Gasteiger charge is 2.39. The summed E-state index contributed by atoms with van der Waals surface area (Å²) in [6.07, 6.45) is -0.818. The molecule has 3 aromatic rings. The van der Waals surface area contributed by atoms with E-state index in [4.69, 9.17) is 4.99 Å². The van der Waals surface area contributed by atoms with Crippen molar-refractivity contribution < 1.29 is 22.7 Å². The molecule has 0 atom stereocenters. The summed E-state index contributed by atoms with van der Waals surface area (Å²) in [4.78, 5) is 13.5. The van der Waals surface area contributed by atoms with Crippen LogP contribution in [0.2, 0.25) is 0 Å². The van der Waals surface area contributed by atoms with Crippen LogP contribution >= 0.6 is 0 Å². The molecule has 41 heavy (non-hydrogen) atoms. The van der Waals surface area contributed by atoms with Crippen LogP contribution in [0.15, 0.2) is 65.8 Å². The van der Waals surface area contributed by atoms with E-state index < -0.39 is 17.4 Å². The third-order valence-electron chi connectivity index (χ3n) is 7.94. The molecule has 3 heterocycles. The largest absolute Gasteiger partial charge is 0.508 e. The molecule has 2 saturated heterocycles. The van der Waals surface area contributed by atoms with Crippen LogP contribution in [0.4, 0.5) is 28.9 Å². The number of rotatable bonds is 4. The second-order valence-corrected chi connectivity index (χ2v) is 11.0. The molecule has 5 rings (SSSR count). The van der Waals surface area contributed by atoms with Gasteiger partial charge in [0.1, 0.15) is 5.75 Å². The minimum atomic E-state index is -4.42. The zero-order valence-corrected chi connectivity index (χ0v) is 23.3. The van der Waals surface area contributed by atoms with Crippen molar-refractivity contribution in [1.82, 2.24) is 9.88 Å². The Morgan fingerprint density at radius 1 is 1.00 bits per heavy atom. The zero-order chi connectivity index (χ0) is 29.2. The molecule has 2 N–H and O–H groups in total. The van der Waals surface area contributed by atoms with Crippen molar-refractivity contribution in [3.8, 4) is 5.75 Å². The average Bonchev–Trinajstić information content (AvgIpc) is 2.93. The third kappa shape index (κ3) is 6.74. The third-order valence-corrected chi connectivity index (χ3v) is 7.94. The number of phenolic OH excluding ortho intramolecular Hbond substituents is 1. The Hall–Kier alpha value is -3.82. The van der Waals surface area contributed by atoms with E-state index in [2.05, 4.69) is 15.2 Å². The Bertz CT molecular complexity index is 1360. The summed E-state index contributed by atoms with van der Waals surface area (Å²) in [7, 11) is 0. The van der Waals surface area contributed by atoms with Crippen molar-refractivity contribution in [1.29, 1.82) is 0 Å². The van der Waals surface area contributed by atoms with Gasteiger partial charge >= 0.3 is 6.18 Å². The number of pyridine rings is 1. The number of likely N-dealkylation sites (tertiary alicyclic amines) is 1. The molecule has 2 aliphatic rings. The summed E-state index contributed by atoms with van der Waals surface area (Å²) in [6.45, 7) is 6.08. The van der Waals surface area contributed by atoms with Crippen molar-refractivity contribution in [2.24, 2.45) is 4.99 Å². The molecule has 2 aromatic carbocycles. The molecule has 0 saturated carbocycles. The molecule has 0 unspecified atom stereocenters. The number of aromatic nitrogens is 1. The number of hydrogen-bond acceptors (Lipinski definition) is 4. The molecule has 10 heteroatoms. The van der Waals surface area contributed by atoms with Gasteiger partial charge in [-0.05, 0) is 80.3 Å². The SMILES string of the molecule is Cc1cc(O)cc(N2CCC(N=C(Nc3ccc(C(F)(F)F)cc3)N3CCC(F)(c4ncccc4C)CC3)CC2)c1. The number of piperidine rings is 2. The summed E-state index contributed by atoms with van der Waals surface area (Å²) in [6, 6.07) is 14.0. The smallest absolute Gasteiger partial charge is 0.416 e. The van der Waals surface area contributed by atoms with E-state index in [-0.39, 0.29) is 24.6 Å². The lowest BCUT2D eigenvalue weighted by atomic mass is 9.87. The van der Waals surface area contributed by atoms with Crippen LogP contribution < -0.4 is 10.2 Å². The van der Waals surface area contributed by atoms with Crippen molar-refractivity contribution in [3.05, 3.63) is 83.2 Å². The molecule has 0 radical (unpaired) electrons.